The fraction of sp³-hybridized carbons (Fsp3) is 0.375. The lowest BCUT2D eigenvalue weighted by Gasteiger charge is -2.29. The third-order valence-corrected chi connectivity index (χ3v) is 3.61. The molecule has 1 aliphatic heterocycles. The van der Waals surface area contributed by atoms with E-state index in [2.05, 4.69) is 48.2 Å². The second kappa shape index (κ2) is 6.27. The molecule has 0 spiro atoms. The molecule has 0 atom stereocenters. The van der Waals surface area contributed by atoms with Crippen molar-refractivity contribution in [3.63, 3.8) is 0 Å². The van der Waals surface area contributed by atoms with Crippen molar-refractivity contribution in [2.75, 3.05) is 13.3 Å². The van der Waals surface area contributed by atoms with Gasteiger partial charge in [-0.25, -0.2) is 0 Å². The first-order valence-electron chi connectivity index (χ1n) is 6.74. The van der Waals surface area contributed by atoms with Gasteiger partial charge in [0.15, 0.2) is 0 Å². The average Bonchev–Trinajstić information content (AvgIpc) is 2.45. The van der Waals surface area contributed by atoms with Crippen LogP contribution in [-0.4, -0.2) is 18.2 Å². The second-order valence-corrected chi connectivity index (χ2v) is 4.94. The number of nitrogens with zero attached hydrogens (tertiary/aromatic N) is 1. The molecule has 3 rings (SSSR count). The van der Waals surface area contributed by atoms with E-state index in [9.17, 15) is 0 Å². The summed E-state index contributed by atoms with van der Waals surface area (Å²) in [6, 6.07) is 12.8. The third kappa shape index (κ3) is 2.85. The Labute approximate surface area is 120 Å². The van der Waals surface area contributed by atoms with E-state index in [1.165, 1.54) is 29.2 Å². The van der Waals surface area contributed by atoms with Crippen molar-refractivity contribution in [1.82, 2.24) is 4.90 Å². The Hall–Kier alpha value is -1.25. The van der Waals surface area contributed by atoms with Crippen LogP contribution in [0, 0.1) is 0 Å². The zero-order valence-corrected chi connectivity index (χ0v) is 12.1. The van der Waals surface area contributed by atoms with Crippen LogP contribution in [0.2, 0.25) is 0 Å². The summed E-state index contributed by atoms with van der Waals surface area (Å²) >= 11 is 0. The number of halogens is 1. The van der Waals surface area contributed by atoms with Crippen LogP contribution in [0.15, 0.2) is 36.4 Å². The molecule has 0 fully saturated rings. The van der Waals surface area contributed by atoms with Crippen LogP contribution in [0.25, 0.3) is 10.8 Å². The lowest BCUT2D eigenvalue weighted by atomic mass is 10.0. The van der Waals surface area contributed by atoms with Crippen molar-refractivity contribution in [3.05, 3.63) is 42.0 Å². The number of hydrogen-bond acceptors (Lipinski definition) is 2. The molecule has 19 heavy (non-hydrogen) atoms. The number of ether oxygens (including phenoxy) is 1. The Morgan fingerprint density at radius 3 is 2.84 bits per heavy atom. The van der Waals surface area contributed by atoms with Crippen molar-refractivity contribution < 1.29 is 4.74 Å². The number of fused-ring (bicyclic) bond motifs is 3. The number of rotatable bonds is 3. The molecule has 0 aromatic heterocycles. The Bertz CT molecular complexity index is 555. The summed E-state index contributed by atoms with van der Waals surface area (Å²) in [7, 11) is 0. The van der Waals surface area contributed by atoms with Crippen LogP contribution in [0.3, 0.4) is 0 Å². The van der Waals surface area contributed by atoms with Crippen molar-refractivity contribution in [2.24, 2.45) is 0 Å². The first-order chi connectivity index (χ1) is 8.88. The fourth-order valence-corrected chi connectivity index (χ4v) is 2.57. The number of benzene rings is 2. The van der Waals surface area contributed by atoms with Gasteiger partial charge < -0.3 is 4.74 Å². The maximum absolute atomic E-state index is 5.87. The minimum Gasteiger partial charge on any atom is -0.478 e. The lowest BCUT2D eigenvalue weighted by Crippen LogP contribution is -2.32. The van der Waals surface area contributed by atoms with Gasteiger partial charge in [0.1, 0.15) is 12.5 Å². The fourth-order valence-electron chi connectivity index (χ4n) is 2.57. The molecular formula is C16H20ClNO. The third-order valence-electron chi connectivity index (χ3n) is 3.61. The highest BCUT2D eigenvalue weighted by atomic mass is 35.5. The topological polar surface area (TPSA) is 12.5 Å². The molecule has 2 aromatic carbocycles. The largest absolute Gasteiger partial charge is 0.478 e. The normalized spacial score (nSPS) is 14.6. The highest BCUT2D eigenvalue weighted by Crippen LogP contribution is 2.32. The monoisotopic (exact) mass is 277 g/mol. The first kappa shape index (κ1) is 14.2. The van der Waals surface area contributed by atoms with Gasteiger partial charge >= 0.3 is 0 Å². The molecule has 1 aliphatic rings. The summed E-state index contributed by atoms with van der Waals surface area (Å²) in [6.07, 6.45) is 2.47. The van der Waals surface area contributed by atoms with Crippen LogP contribution >= 0.6 is 12.4 Å². The van der Waals surface area contributed by atoms with E-state index >= 15 is 0 Å². The minimum atomic E-state index is 0. The van der Waals surface area contributed by atoms with Crippen molar-refractivity contribution in [1.29, 1.82) is 0 Å². The average molecular weight is 278 g/mol. The maximum Gasteiger partial charge on any atom is 0.142 e. The van der Waals surface area contributed by atoms with Crippen LogP contribution in [0.4, 0.5) is 0 Å². The molecule has 1 heterocycles. The van der Waals surface area contributed by atoms with Gasteiger partial charge in [0.05, 0.1) is 0 Å². The van der Waals surface area contributed by atoms with Crippen LogP contribution in [0.5, 0.6) is 5.75 Å². The molecule has 102 valence electrons. The number of hydrogen-bond donors (Lipinski definition) is 0. The summed E-state index contributed by atoms with van der Waals surface area (Å²) in [4.78, 5) is 2.39. The molecule has 0 aliphatic carbocycles. The maximum atomic E-state index is 5.87. The van der Waals surface area contributed by atoms with Gasteiger partial charge in [-0.1, -0.05) is 43.7 Å². The molecule has 0 radical (unpaired) electrons. The van der Waals surface area contributed by atoms with E-state index in [4.69, 9.17) is 4.74 Å². The summed E-state index contributed by atoms with van der Waals surface area (Å²) in [6.45, 7) is 5.09. The molecule has 0 amide bonds. The predicted octanol–water partition coefficient (Wildman–Crippen LogP) is 4.21. The zero-order valence-electron chi connectivity index (χ0n) is 11.3. The van der Waals surface area contributed by atoms with Crippen molar-refractivity contribution in [3.8, 4) is 5.75 Å². The first-order valence-corrected chi connectivity index (χ1v) is 6.74. The Morgan fingerprint density at radius 1 is 1.16 bits per heavy atom. The Balaban J connectivity index is 0.00000133. The van der Waals surface area contributed by atoms with E-state index in [1.54, 1.807) is 0 Å². The minimum absolute atomic E-state index is 0. The van der Waals surface area contributed by atoms with E-state index in [1.807, 2.05) is 0 Å². The lowest BCUT2D eigenvalue weighted by molar-refractivity contribution is 0.0950. The van der Waals surface area contributed by atoms with E-state index in [0.717, 1.165) is 25.6 Å². The quantitative estimate of drug-likeness (QED) is 0.833. The Morgan fingerprint density at radius 2 is 2.00 bits per heavy atom. The predicted molar refractivity (Wildman–Crippen MR) is 82.0 cm³/mol. The van der Waals surface area contributed by atoms with Crippen molar-refractivity contribution >= 4 is 23.2 Å². The van der Waals surface area contributed by atoms with Gasteiger partial charge in [-0.2, -0.15) is 0 Å². The van der Waals surface area contributed by atoms with Crippen LogP contribution in [0.1, 0.15) is 25.3 Å². The summed E-state index contributed by atoms with van der Waals surface area (Å²) in [5.41, 5.74) is 1.34. The highest BCUT2D eigenvalue weighted by molar-refractivity contribution is 5.87. The van der Waals surface area contributed by atoms with Gasteiger partial charge in [-0.3, -0.25) is 4.90 Å². The Kier molecular flexibility index (Phi) is 4.67. The molecule has 0 N–H and O–H groups in total. The molecule has 2 aromatic rings. The van der Waals surface area contributed by atoms with Crippen molar-refractivity contribution in [2.45, 2.75) is 26.3 Å². The van der Waals surface area contributed by atoms with E-state index < -0.39 is 0 Å². The molecule has 3 heteroatoms. The summed E-state index contributed by atoms with van der Waals surface area (Å²) < 4.78 is 5.87. The molecule has 0 saturated carbocycles. The summed E-state index contributed by atoms with van der Waals surface area (Å²) in [5.74, 6) is 1.06. The SMILES string of the molecule is CCCCN1COc2ccc3ccccc3c2C1.Cl. The molecule has 0 saturated heterocycles. The van der Waals surface area contributed by atoms with E-state index in [0.29, 0.717) is 0 Å². The van der Waals surface area contributed by atoms with Gasteiger partial charge in [0.2, 0.25) is 0 Å². The molecule has 0 bridgehead atoms. The smallest absolute Gasteiger partial charge is 0.142 e. The van der Waals surface area contributed by atoms with Gasteiger partial charge in [-0.05, 0) is 23.3 Å². The zero-order chi connectivity index (χ0) is 12.4. The van der Waals surface area contributed by atoms with Crippen LogP contribution < -0.4 is 4.74 Å². The van der Waals surface area contributed by atoms with Gasteiger partial charge in [0.25, 0.3) is 0 Å². The summed E-state index contributed by atoms with van der Waals surface area (Å²) in [5, 5.41) is 2.63. The number of unbranched alkanes of at least 4 members (excludes halogenated alkanes) is 1. The van der Waals surface area contributed by atoms with E-state index in [-0.39, 0.29) is 12.4 Å². The highest BCUT2D eigenvalue weighted by Gasteiger charge is 2.18. The standard InChI is InChI=1S/C16H19NO.ClH/c1-2-3-10-17-11-15-14-7-5-4-6-13(14)8-9-16(15)18-12-17;/h4-9H,2-3,10-12H2,1H3;1H. The molecule has 0 unspecified atom stereocenters. The molecule has 2 nitrogen and oxygen atoms in total. The molecular weight excluding hydrogens is 258 g/mol. The second-order valence-electron chi connectivity index (χ2n) is 4.94. The van der Waals surface area contributed by atoms with Gasteiger partial charge in [0, 0.05) is 18.7 Å². The van der Waals surface area contributed by atoms with Crippen LogP contribution in [-0.2, 0) is 6.54 Å². The van der Waals surface area contributed by atoms with Gasteiger partial charge in [-0.15, -0.1) is 12.4 Å².